The molecule has 0 spiro atoms. The summed E-state index contributed by atoms with van der Waals surface area (Å²) >= 11 is 0. The van der Waals surface area contributed by atoms with Crippen LogP contribution in [0.25, 0.3) is 5.65 Å². The lowest BCUT2D eigenvalue weighted by atomic mass is 9.31. The van der Waals surface area contributed by atoms with Crippen molar-refractivity contribution < 1.29 is 9.13 Å². The molecule has 4 heterocycles. The zero-order chi connectivity index (χ0) is 21.5. The maximum Gasteiger partial charge on any atom is 0.273 e. The summed E-state index contributed by atoms with van der Waals surface area (Å²) in [5.74, 6) is 4.49. The van der Waals surface area contributed by atoms with Gasteiger partial charge in [-0.15, -0.1) is 10.2 Å². The molecule has 1 fully saturated rings. The molecule has 0 bridgehead atoms. The van der Waals surface area contributed by atoms with Gasteiger partial charge in [0.2, 0.25) is 5.95 Å². The Morgan fingerprint density at radius 1 is 1.32 bits per heavy atom. The summed E-state index contributed by atoms with van der Waals surface area (Å²) in [5.41, 5.74) is 3.35. The van der Waals surface area contributed by atoms with E-state index in [1.165, 1.54) is 6.07 Å². The topological polar surface area (TPSA) is 88.1 Å². The molecule has 158 valence electrons. The highest BCUT2D eigenvalue weighted by molar-refractivity contribution is 6.69. The van der Waals surface area contributed by atoms with Gasteiger partial charge in [0.25, 0.3) is 6.71 Å². The minimum Gasteiger partial charge on any atom is -0.493 e. The second-order valence-corrected chi connectivity index (χ2v) is 8.79. The smallest absolute Gasteiger partial charge is 0.273 e. The Morgan fingerprint density at radius 2 is 2.13 bits per heavy atom. The van der Waals surface area contributed by atoms with Crippen LogP contribution in [0.4, 0.5) is 10.3 Å². The first-order chi connectivity index (χ1) is 15.1. The molecular weight excluding hydrogens is 394 g/mol. The van der Waals surface area contributed by atoms with Crippen LogP contribution in [0, 0.1) is 17.0 Å². The van der Waals surface area contributed by atoms with Crippen LogP contribution in [0.3, 0.4) is 0 Å². The first-order valence-electron chi connectivity index (χ1n) is 10.8. The van der Waals surface area contributed by atoms with Crippen LogP contribution in [0.2, 0.25) is 11.6 Å². The quantitative estimate of drug-likeness (QED) is 0.644. The summed E-state index contributed by atoms with van der Waals surface area (Å²) in [5, 5.41) is 21.2. The van der Waals surface area contributed by atoms with Crippen molar-refractivity contribution in [2.24, 2.45) is 0 Å². The number of aromatic nitrogens is 4. The number of nitrogens with zero attached hydrogens (tertiary/aromatic N) is 5. The largest absolute Gasteiger partial charge is 0.493 e. The van der Waals surface area contributed by atoms with E-state index in [0.717, 1.165) is 35.4 Å². The minimum atomic E-state index is -0.245. The highest BCUT2D eigenvalue weighted by atomic mass is 19.1. The Hall–Kier alpha value is -3.15. The van der Waals surface area contributed by atoms with Gasteiger partial charge in [-0.1, -0.05) is 13.8 Å². The van der Waals surface area contributed by atoms with Gasteiger partial charge in [0, 0.05) is 41.8 Å². The highest BCUT2D eigenvalue weighted by Gasteiger charge is 2.38. The maximum atomic E-state index is 14.5. The summed E-state index contributed by atoms with van der Waals surface area (Å²) < 4.78 is 21.9. The van der Waals surface area contributed by atoms with E-state index in [1.807, 2.05) is 10.6 Å². The standard InChI is InChI=1S/C22H24BFN6O/c1-13-7-15(8-14(2)23(13)11-25)17-9-26-22(30-12-28-29-21(17)30)27-10-18-16-5-6-31-20(16)4-3-19(18)24/h3-4,9,12-15H,5-8,10H2,1-2H3,(H,26,27). The third-order valence-corrected chi connectivity index (χ3v) is 6.85. The summed E-state index contributed by atoms with van der Waals surface area (Å²) in [4.78, 5) is 4.63. The number of benzene rings is 1. The molecule has 2 unspecified atom stereocenters. The number of hydrogen-bond donors (Lipinski definition) is 1. The molecule has 1 aromatic carbocycles. The van der Waals surface area contributed by atoms with Crippen molar-refractivity contribution in [1.29, 1.82) is 5.26 Å². The van der Waals surface area contributed by atoms with Gasteiger partial charge in [-0.05, 0) is 42.5 Å². The van der Waals surface area contributed by atoms with E-state index in [0.29, 0.717) is 42.7 Å². The highest BCUT2D eigenvalue weighted by Crippen LogP contribution is 2.44. The van der Waals surface area contributed by atoms with Gasteiger partial charge in [-0.3, -0.25) is 4.40 Å². The van der Waals surface area contributed by atoms with Crippen molar-refractivity contribution >= 4 is 18.3 Å². The van der Waals surface area contributed by atoms with Gasteiger partial charge in [0.15, 0.2) is 5.65 Å². The third kappa shape index (κ3) is 3.40. The number of ether oxygens (including phenoxy) is 1. The number of nitriles is 1. The van der Waals surface area contributed by atoms with E-state index >= 15 is 0 Å². The molecule has 0 radical (unpaired) electrons. The average Bonchev–Trinajstić information content (AvgIpc) is 3.42. The third-order valence-electron chi connectivity index (χ3n) is 6.85. The lowest BCUT2D eigenvalue weighted by molar-refractivity contribution is 0.356. The summed E-state index contributed by atoms with van der Waals surface area (Å²) in [7, 11) is 0. The Balaban J connectivity index is 1.42. The predicted octanol–water partition coefficient (Wildman–Crippen LogP) is 4.03. The molecule has 0 aliphatic carbocycles. The first-order valence-corrected chi connectivity index (χ1v) is 10.8. The summed E-state index contributed by atoms with van der Waals surface area (Å²) in [6.07, 6.45) is 6.07. The van der Waals surface area contributed by atoms with Gasteiger partial charge in [-0.2, -0.15) is 0 Å². The van der Waals surface area contributed by atoms with Crippen molar-refractivity contribution in [3.8, 4) is 11.7 Å². The second kappa shape index (κ2) is 7.84. The molecule has 9 heteroatoms. The predicted molar refractivity (Wildman–Crippen MR) is 116 cm³/mol. The fraction of sp³-hybridized carbons (Fsp3) is 0.455. The molecule has 0 amide bonds. The Bertz CT molecular complexity index is 1160. The number of hydrogen-bond acceptors (Lipinski definition) is 6. The van der Waals surface area contributed by atoms with E-state index in [-0.39, 0.29) is 18.4 Å². The molecule has 1 N–H and O–H groups in total. The fourth-order valence-electron chi connectivity index (χ4n) is 5.29. The van der Waals surface area contributed by atoms with Gasteiger partial charge < -0.3 is 10.1 Å². The van der Waals surface area contributed by atoms with Crippen molar-refractivity contribution in [1.82, 2.24) is 19.6 Å². The molecular formula is C22H24BFN6O. The average molecular weight is 418 g/mol. The van der Waals surface area contributed by atoms with Gasteiger partial charge >= 0.3 is 0 Å². The SMILES string of the molecule is CC1CC(c2cnc(NCc3c(F)ccc4c3CCO4)n3cnnc23)CC(C)B1C#N. The Morgan fingerprint density at radius 3 is 2.90 bits per heavy atom. The number of halogens is 1. The molecule has 2 atom stereocenters. The number of anilines is 1. The normalized spacial score (nSPS) is 22.8. The minimum absolute atomic E-state index is 0.0884. The number of rotatable bonds is 4. The summed E-state index contributed by atoms with van der Waals surface area (Å²) in [6, 6.07) is 3.14. The number of fused-ring (bicyclic) bond motifs is 2. The van der Waals surface area contributed by atoms with Gasteiger partial charge in [0.05, 0.1) is 6.61 Å². The lowest BCUT2D eigenvalue weighted by Gasteiger charge is -2.33. The van der Waals surface area contributed by atoms with E-state index in [9.17, 15) is 9.65 Å². The molecule has 2 aromatic heterocycles. The lowest BCUT2D eigenvalue weighted by Crippen LogP contribution is -2.30. The van der Waals surface area contributed by atoms with E-state index in [4.69, 9.17) is 4.74 Å². The Kier molecular flexibility index (Phi) is 5.01. The molecule has 5 rings (SSSR count). The van der Waals surface area contributed by atoms with Crippen molar-refractivity contribution in [2.75, 3.05) is 11.9 Å². The fourth-order valence-corrected chi connectivity index (χ4v) is 5.29. The van der Waals surface area contributed by atoms with Gasteiger partial charge in [0.1, 0.15) is 17.9 Å². The van der Waals surface area contributed by atoms with Crippen LogP contribution in [0.1, 0.15) is 49.3 Å². The van der Waals surface area contributed by atoms with Crippen LogP contribution in [-0.2, 0) is 13.0 Å². The molecule has 3 aromatic rings. The van der Waals surface area contributed by atoms with E-state index in [1.54, 1.807) is 12.4 Å². The van der Waals surface area contributed by atoms with Crippen molar-refractivity contribution in [3.05, 3.63) is 47.2 Å². The maximum absolute atomic E-state index is 14.5. The zero-order valence-corrected chi connectivity index (χ0v) is 17.7. The molecule has 7 nitrogen and oxygen atoms in total. The monoisotopic (exact) mass is 418 g/mol. The molecule has 2 aliphatic heterocycles. The molecule has 1 saturated heterocycles. The van der Waals surface area contributed by atoms with E-state index < -0.39 is 0 Å². The van der Waals surface area contributed by atoms with Crippen LogP contribution in [0.5, 0.6) is 5.75 Å². The zero-order valence-electron chi connectivity index (χ0n) is 17.7. The van der Waals surface area contributed by atoms with E-state index in [2.05, 4.69) is 40.3 Å². The van der Waals surface area contributed by atoms with Crippen LogP contribution >= 0.6 is 0 Å². The van der Waals surface area contributed by atoms with Gasteiger partial charge in [-0.25, -0.2) is 14.6 Å². The van der Waals surface area contributed by atoms with Crippen molar-refractivity contribution in [3.63, 3.8) is 0 Å². The van der Waals surface area contributed by atoms with Crippen LogP contribution in [-0.4, -0.2) is 32.9 Å². The molecule has 31 heavy (non-hydrogen) atoms. The molecule has 2 aliphatic rings. The Labute approximate surface area is 180 Å². The van der Waals surface area contributed by atoms with Crippen molar-refractivity contribution in [2.45, 2.75) is 57.2 Å². The molecule has 0 saturated carbocycles. The first kappa shape index (κ1) is 19.8. The number of nitrogens with one attached hydrogen (secondary N) is 1. The van der Waals surface area contributed by atoms with Crippen LogP contribution < -0.4 is 10.1 Å². The van der Waals surface area contributed by atoms with Crippen LogP contribution in [0.15, 0.2) is 24.7 Å². The second-order valence-electron chi connectivity index (χ2n) is 8.79. The summed E-state index contributed by atoms with van der Waals surface area (Å²) in [6.45, 7) is 5.28.